The summed E-state index contributed by atoms with van der Waals surface area (Å²) in [6, 6.07) is 5.48. The van der Waals surface area contributed by atoms with Crippen molar-refractivity contribution >= 4 is 23.6 Å². The highest BCUT2D eigenvalue weighted by atomic mass is 16.4. The average molecular weight is 275 g/mol. The Balaban J connectivity index is 2.86. The molecule has 0 heterocycles. The van der Waals surface area contributed by atoms with Crippen molar-refractivity contribution in [2.75, 3.05) is 5.32 Å². The van der Waals surface area contributed by atoms with Gasteiger partial charge < -0.3 is 10.4 Å². The molecule has 1 amide bonds. The summed E-state index contributed by atoms with van der Waals surface area (Å²) >= 11 is 0. The molecule has 0 fully saturated rings. The van der Waals surface area contributed by atoms with Gasteiger partial charge in [-0.25, -0.2) is 4.79 Å². The number of carbonyl (C=O) groups is 2. The first-order valence-corrected chi connectivity index (χ1v) is 6.48. The van der Waals surface area contributed by atoms with Crippen molar-refractivity contribution in [2.24, 2.45) is 5.41 Å². The molecule has 4 nitrogen and oxygen atoms in total. The van der Waals surface area contributed by atoms with Crippen LogP contribution in [0.3, 0.4) is 0 Å². The molecule has 4 heteroatoms. The number of benzene rings is 1. The highest BCUT2D eigenvalue weighted by Gasteiger charge is 2.16. The van der Waals surface area contributed by atoms with E-state index in [1.165, 1.54) is 6.08 Å². The number of nitrogens with one attached hydrogen (secondary N) is 1. The van der Waals surface area contributed by atoms with Gasteiger partial charge in [-0.05, 0) is 41.7 Å². The van der Waals surface area contributed by atoms with Crippen LogP contribution in [0.1, 0.15) is 38.3 Å². The van der Waals surface area contributed by atoms with E-state index in [0.29, 0.717) is 12.1 Å². The minimum atomic E-state index is -0.996. The molecule has 1 rings (SSSR count). The van der Waals surface area contributed by atoms with Crippen molar-refractivity contribution in [3.05, 3.63) is 35.4 Å². The van der Waals surface area contributed by atoms with Crippen molar-refractivity contribution < 1.29 is 14.7 Å². The van der Waals surface area contributed by atoms with Gasteiger partial charge in [0.25, 0.3) is 0 Å². The molecule has 1 aromatic rings. The average Bonchev–Trinajstić information content (AvgIpc) is 2.22. The predicted molar refractivity (Wildman–Crippen MR) is 80.6 cm³/mol. The molecule has 0 unspecified atom stereocenters. The summed E-state index contributed by atoms with van der Waals surface area (Å²) in [6.45, 7) is 7.91. The molecule has 0 aliphatic rings. The molecule has 0 aliphatic heterocycles. The lowest BCUT2D eigenvalue weighted by Gasteiger charge is -2.17. The van der Waals surface area contributed by atoms with Crippen molar-refractivity contribution in [3.63, 3.8) is 0 Å². The molecule has 0 spiro atoms. The van der Waals surface area contributed by atoms with Crippen LogP contribution in [0.4, 0.5) is 5.69 Å². The standard InChI is InChI=1S/C16H21NO3/c1-11-7-12(5-6-15(19)20)9-13(8-11)17-14(18)10-16(2,3)4/h5-9H,10H2,1-4H3,(H,17,18)(H,19,20)/b6-5+. The molecule has 0 saturated heterocycles. The Morgan fingerprint density at radius 3 is 2.45 bits per heavy atom. The third kappa shape index (κ3) is 6.18. The Hall–Kier alpha value is -2.10. The van der Waals surface area contributed by atoms with Gasteiger partial charge in [0.05, 0.1) is 0 Å². The van der Waals surface area contributed by atoms with Crippen molar-refractivity contribution in [1.82, 2.24) is 0 Å². The zero-order valence-electron chi connectivity index (χ0n) is 12.4. The lowest BCUT2D eigenvalue weighted by Crippen LogP contribution is -2.19. The summed E-state index contributed by atoms with van der Waals surface area (Å²) in [5.41, 5.74) is 2.33. The quantitative estimate of drug-likeness (QED) is 0.827. The van der Waals surface area contributed by atoms with Crippen LogP contribution in [-0.2, 0) is 9.59 Å². The minimum Gasteiger partial charge on any atom is -0.478 e. The molecule has 0 bridgehead atoms. The zero-order chi connectivity index (χ0) is 15.3. The number of hydrogen-bond donors (Lipinski definition) is 2. The number of carboxylic acid groups (broad SMARTS) is 1. The fourth-order valence-corrected chi connectivity index (χ4v) is 1.84. The van der Waals surface area contributed by atoms with Gasteiger partial charge in [-0.1, -0.05) is 26.8 Å². The summed E-state index contributed by atoms with van der Waals surface area (Å²) in [5.74, 6) is -1.04. The van der Waals surface area contributed by atoms with Crippen LogP contribution in [0.15, 0.2) is 24.3 Å². The number of rotatable bonds is 4. The number of carbonyl (C=O) groups excluding carboxylic acids is 1. The van der Waals surface area contributed by atoms with E-state index in [-0.39, 0.29) is 11.3 Å². The maximum atomic E-state index is 11.9. The number of carboxylic acids is 1. The largest absolute Gasteiger partial charge is 0.478 e. The van der Waals surface area contributed by atoms with Crippen molar-refractivity contribution in [1.29, 1.82) is 0 Å². The van der Waals surface area contributed by atoms with E-state index in [0.717, 1.165) is 17.2 Å². The zero-order valence-corrected chi connectivity index (χ0v) is 12.4. The Morgan fingerprint density at radius 2 is 1.90 bits per heavy atom. The van der Waals surface area contributed by atoms with Gasteiger partial charge in [0.2, 0.25) is 5.91 Å². The maximum Gasteiger partial charge on any atom is 0.328 e. The Bertz CT molecular complexity index is 539. The molecule has 0 radical (unpaired) electrons. The first-order chi connectivity index (χ1) is 9.15. The van der Waals surface area contributed by atoms with Crippen LogP contribution in [0.5, 0.6) is 0 Å². The molecule has 0 saturated carbocycles. The summed E-state index contributed by atoms with van der Waals surface area (Å²) in [7, 11) is 0. The molecule has 108 valence electrons. The van der Waals surface area contributed by atoms with Gasteiger partial charge in [-0.2, -0.15) is 0 Å². The minimum absolute atomic E-state index is 0.0451. The molecule has 1 aromatic carbocycles. The number of amides is 1. The Labute approximate surface area is 119 Å². The fraction of sp³-hybridized carbons (Fsp3) is 0.375. The number of aliphatic carboxylic acids is 1. The molecule has 0 atom stereocenters. The summed E-state index contributed by atoms with van der Waals surface area (Å²) < 4.78 is 0. The van der Waals surface area contributed by atoms with Crippen LogP contribution < -0.4 is 5.32 Å². The van der Waals surface area contributed by atoms with Crippen LogP contribution in [-0.4, -0.2) is 17.0 Å². The summed E-state index contributed by atoms with van der Waals surface area (Å²) in [6.07, 6.45) is 3.02. The van der Waals surface area contributed by atoms with E-state index in [9.17, 15) is 9.59 Å². The van der Waals surface area contributed by atoms with Gasteiger partial charge in [0, 0.05) is 18.2 Å². The first-order valence-electron chi connectivity index (χ1n) is 6.48. The van der Waals surface area contributed by atoms with Crippen molar-refractivity contribution in [2.45, 2.75) is 34.1 Å². The van der Waals surface area contributed by atoms with Crippen molar-refractivity contribution in [3.8, 4) is 0 Å². The van der Waals surface area contributed by atoms with Crippen LogP contribution >= 0.6 is 0 Å². The van der Waals surface area contributed by atoms with E-state index in [1.807, 2.05) is 39.8 Å². The molecular weight excluding hydrogens is 254 g/mol. The molecular formula is C16H21NO3. The first kappa shape index (κ1) is 16.0. The molecule has 0 aromatic heterocycles. The van der Waals surface area contributed by atoms with Gasteiger partial charge in [-0.15, -0.1) is 0 Å². The lowest BCUT2D eigenvalue weighted by atomic mass is 9.92. The second-order valence-electron chi connectivity index (χ2n) is 6.09. The van der Waals surface area contributed by atoms with Gasteiger partial charge in [0.15, 0.2) is 0 Å². The maximum absolute atomic E-state index is 11.9. The lowest BCUT2D eigenvalue weighted by molar-refractivity contribution is -0.131. The number of hydrogen-bond acceptors (Lipinski definition) is 2. The molecule has 2 N–H and O–H groups in total. The van der Waals surface area contributed by atoms with Gasteiger partial charge >= 0.3 is 5.97 Å². The highest BCUT2D eigenvalue weighted by Crippen LogP contribution is 2.21. The predicted octanol–water partition coefficient (Wildman–Crippen LogP) is 3.47. The molecule has 0 aliphatic carbocycles. The Kier molecular flexibility index (Phi) is 5.08. The van der Waals surface area contributed by atoms with E-state index in [2.05, 4.69) is 5.32 Å². The normalized spacial score (nSPS) is 11.6. The third-order valence-electron chi connectivity index (χ3n) is 2.49. The van der Waals surface area contributed by atoms with Gasteiger partial charge in [-0.3, -0.25) is 4.79 Å². The second kappa shape index (κ2) is 6.37. The number of aryl methyl sites for hydroxylation is 1. The topological polar surface area (TPSA) is 66.4 Å². The van der Waals surface area contributed by atoms with E-state index in [4.69, 9.17) is 5.11 Å². The van der Waals surface area contributed by atoms with Gasteiger partial charge in [0.1, 0.15) is 0 Å². The van der Waals surface area contributed by atoms with E-state index < -0.39 is 5.97 Å². The van der Waals surface area contributed by atoms with E-state index >= 15 is 0 Å². The summed E-state index contributed by atoms with van der Waals surface area (Å²) in [5, 5.41) is 11.5. The van der Waals surface area contributed by atoms with Crippen LogP contribution in [0, 0.1) is 12.3 Å². The third-order valence-corrected chi connectivity index (χ3v) is 2.49. The second-order valence-corrected chi connectivity index (χ2v) is 6.09. The van der Waals surface area contributed by atoms with Crippen LogP contribution in [0.2, 0.25) is 0 Å². The summed E-state index contributed by atoms with van der Waals surface area (Å²) in [4.78, 5) is 22.4. The SMILES string of the molecule is Cc1cc(/C=C/C(=O)O)cc(NC(=O)CC(C)(C)C)c1. The Morgan fingerprint density at radius 1 is 1.25 bits per heavy atom. The monoisotopic (exact) mass is 275 g/mol. The highest BCUT2D eigenvalue weighted by molar-refractivity contribution is 5.92. The molecule has 20 heavy (non-hydrogen) atoms. The smallest absolute Gasteiger partial charge is 0.328 e. The fourth-order valence-electron chi connectivity index (χ4n) is 1.84. The van der Waals surface area contributed by atoms with Crippen LogP contribution in [0.25, 0.3) is 6.08 Å². The number of anilines is 1. The van der Waals surface area contributed by atoms with E-state index in [1.54, 1.807) is 6.07 Å².